The highest BCUT2D eigenvalue weighted by molar-refractivity contribution is 5.95. The zero-order valence-corrected chi connectivity index (χ0v) is 15.9. The summed E-state index contributed by atoms with van der Waals surface area (Å²) in [4.78, 5) is 31.5. The molecule has 0 saturated heterocycles. The normalized spacial score (nSPS) is 11.8. The topological polar surface area (TPSA) is 121 Å². The maximum atomic E-state index is 12.7. The minimum absolute atomic E-state index is 0.175. The molecule has 1 amide bonds. The molecule has 2 heterocycles. The first-order valence-electron chi connectivity index (χ1n) is 9.05. The third kappa shape index (κ3) is 3.78. The fraction of sp³-hybridized carbons (Fsp3) is 0.100. The van der Waals surface area contributed by atoms with Crippen molar-refractivity contribution in [1.29, 1.82) is 0 Å². The number of imidazole rings is 1. The molecular weight excluding hydrogens is 386 g/mol. The number of carbonyl (C=O) groups excluding carboxylic acids is 1. The Morgan fingerprint density at radius 2 is 1.93 bits per heavy atom. The van der Waals surface area contributed by atoms with Gasteiger partial charge in [0.15, 0.2) is 0 Å². The Bertz CT molecular complexity index is 1170. The zero-order chi connectivity index (χ0) is 21.1. The molecule has 0 spiro atoms. The van der Waals surface area contributed by atoms with Gasteiger partial charge in [-0.25, -0.2) is 14.6 Å². The summed E-state index contributed by atoms with van der Waals surface area (Å²) >= 11 is 0. The van der Waals surface area contributed by atoms with Crippen molar-refractivity contribution in [3.05, 3.63) is 95.1 Å². The Kier molecular flexibility index (Phi) is 5.04. The monoisotopic (exact) mass is 403 g/mol. The molecule has 10 heteroatoms. The molecule has 2 aromatic carbocycles. The Hall–Kier alpha value is -4.34. The molecule has 0 aliphatic carbocycles. The molecule has 4 rings (SSSR count). The number of aromatic nitrogens is 5. The van der Waals surface area contributed by atoms with Gasteiger partial charge in [-0.15, -0.1) is 0 Å². The Morgan fingerprint density at radius 1 is 1.13 bits per heavy atom. The molecular formula is C20H17N7O3. The molecule has 150 valence electrons. The Morgan fingerprint density at radius 3 is 2.57 bits per heavy atom. The second-order valence-electron chi connectivity index (χ2n) is 6.56. The summed E-state index contributed by atoms with van der Waals surface area (Å²) in [6, 6.07) is 11.6. The SMILES string of the molecule is CC(NC(=O)c1ccc(-n2ccnc2)c([N+](=O)[O-])c1)c1ccc(-n2cncn2)cc1. The van der Waals surface area contributed by atoms with Crippen LogP contribution in [0.1, 0.15) is 28.9 Å². The van der Waals surface area contributed by atoms with E-state index in [4.69, 9.17) is 0 Å². The standard InChI is InChI=1S/C20H17N7O3/c1-14(15-2-5-17(6-3-15)26-13-22-11-23-26)24-20(28)16-4-7-18(19(10-16)27(29)30)25-9-8-21-12-25/h2-14H,1H3,(H,24,28). The van der Waals surface area contributed by atoms with Crippen LogP contribution in [-0.2, 0) is 0 Å². The third-order valence-corrected chi connectivity index (χ3v) is 4.64. The van der Waals surface area contributed by atoms with E-state index in [1.54, 1.807) is 23.3 Å². The summed E-state index contributed by atoms with van der Waals surface area (Å²) in [5.74, 6) is -0.400. The van der Waals surface area contributed by atoms with Gasteiger partial charge >= 0.3 is 0 Å². The minimum atomic E-state index is -0.515. The Balaban J connectivity index is 1.52. The molecule has 0 aliphatic heterocycles. The van der Waals surface area contributed by atoms with E-state index in [1.165, 1.54) is 35.6 Å². The van der Waals surface area contributed by atoms with Crippen molar-refractivity contribution in [1.82, 2.24) is 29.6 Å². The summed E-state index contributed by atoms with van der Waals surface area (Å²) in [7, 11) is 0. The molecule has 30 heavy (non-hydrogen) atoms. The smallest absolute Gasteiger partial charge is 0.294 e. The van der Waals surface area contributed by atoms with Crippen molar-refractivity contribution < 1.29 is 9.72 Å². The minimum Gasteiger partial charge on any atom is -0.346 e. The number of nitro groups is 1. The van der Waals surface area contributed by atoms with Crippen molar-refractivity contribution in [2.75, 3.05) is 0 Å². The van der Waals surface area contributed by atoms with Crippen LogP contribution in [0.3, 0.4) is 0 Å². The van der Waals surface area contributed by atoms with Gasteiger partial charge in [0.1, 0.15) is 18.3 Å². The maximum Gasteiger partial charge on any atom is 0.294 e. The van der Waals surface area contributed by atoms with Crippen molar-refractivity contribution in [2.45, 2.75) is 13.0 Å². The lowest BCUT2D eigenvalue weighted by atomic mass is 10.1. The van der Waals surface area contributed by atoms with Crippen LogP contribution in [0.5, 0.6) is 0 Å². The van der Waals surface area contributed by atoms with Crippen molar-refractivity contribution in [2.24, 2.45) is 0 Å². The van der Waals surface area contributed by atoms with Gasteiger partial charge < -0.3 is 9.88 Å². The van der Waals surface area contributed by atoms with Gasteiger partial charge in [-0.2, -0.15) is 5.10 Å². The van der Waals surface area contributed by atoms with Crippen LogP contribution >= 0.6 is 0 Å². The average Bonchev–Trinajstić information content (AvgIpc) is 3.47. The van der Waals surface area contributed by atoms with Crippen LogP contribution in [-0.4, -0.2) is 35.1 Å². The van der Waals surface area contributed by atoms with Crippen LogP contribution in [0.15, 0.2) is 73.8 Å². The molecule has 0 bridgehead atoms. The average molecular weight is 403 g/mol. The van der Waals surface area contributed by atoms with Gasteiger partial charge in [0.25, 0.3) is 11.6 Å². The van der Waals surface area contributed by atoms with E-state index >= 15 is 0 Å². The lowest BCUT2D eigenvalue weighted by molar-refractivity contribution is -0.384. The van der Waals surface area contributed by atoms with Gasteiger partial charge in [-0.3, -0.25) is 14.9 Å². The molecule has 0 radical (unpaired) electrons. The number of amides is 1. The molecule has 2 aromatic heterocycles. The van der Waals surface area contributed by atoms with Gasteiger partial charge in [0.05, 0.1) is 23.0 Å². The van der Waals surface area contributed by atoms with Crippen LogP contribution < -0.4 is 5.32 Å². The van der Waals surface area contributed by atoms with E-state index in [2.05, 4.69) is 20.4 Å². The largest absolute Gasteiger partial charge is 0.346 e. The van der Waals surface area contributed by atoms with Gasteiger partial charge in [-0.1, -0.05) is 12.1 Å². The molecule has 1 N–H and O–H groups in total. The van der Waals surface area contributed by atoms with Crippen molar-refractivity contribution in [3.63, 3.8) is 0 Å². The second kappa shape index (κ2) is 7.95. The number of benzene rings is 2. The van der Waals surface area contributed by atoms with Crippen LogP contribution in [0, 0.1) is 10.1 Å². The Labute approximate surface area is 171 Å². The lowest BCUT2D eigenvalue weighted by Crippen LogP contribution is -2.26. The fourth-order valence-corrected chi connectivity index (χ4v) is 3.05. The zero-order valence-electron chi connectivity index (χ0n) is 15.9. The summed E-state index contributed by atoms with van der Waals surface area (Å²) in [6.07, 6.45) is 7.65. The number of nitrogens with zero attached hydrogens (tertiary/aromatic N) is 6. The maximum absolute atomic E-state index is 12.7. The molecule has 1 atom stereocenters. The van der Waals surface area contributed by atoms with Crippen molar-refractivity contribution >= 4 is 11.6 Å². The van der Waals surface area contributed by atoms with Gasteiger partial charge in [-0.05, 0) is 36.8 Å². The van der Waals surface area contributed by atoms with E-state index in [0.717, 1.165) is 11.3 Å². The lowest BCUT2D eigenvalue weighted by Gasteiger charge is -2.15. The molecule has 10 nitrogen and oxygen atoms in total. The molecule has 4 aromatic rings. The number of rotatable bonds is 6. The predicted octanol–water partition coefficient (Wildman–Crippen LogP) is 2.85. The molecule has 0 saturated carbocycles. The van der Waals surface area contributed by atoms with E-state index in [1.807, 2.05) is 31.2 Å². The first-order chi connectivity index (χ1) is 14.5. The molecule has 1 unspecified atom stereocenters. The highest BCUT2D eigenvalue weighted by Crippen LogP contribution is 2.25. The molecule has 0 aliphatic rings. The number of hydrogen-bond acceptors (Lipinski definition) is 6. The van der Waals surface area contributed by atoms with E-state index in [9.17, 15) is 14.9 Å². The van der Waals surface area contributed by atoms with Crippen LogP contribution in [0.4, 0.5) is 5.69 Å². The molecule has 0 fully saturated rings. The number of hydrogen-bond donors (Lipinski definition) is 1. The third-order valence-electron chi connectivity index (χ3n) is 4.64. The van der Waals surface area contributed by atoms with Crippen molar-refractivity contribution in [3.8, 4) is 11.4 Å². The van der Waals surface area contributed by atoms with Gasteiger partial charge in [0.2, 0.25) is 0 Å². The highest BCUT2D eigenvalue weighted by Gasteiger charge is 2.20. The number of carbonyl (C=O) groups is 1. The number of nitro benzene ring substituents is 1. The summed E-state index contributed by atoms with van der Waals surface area (Å²) in [5, 5.41) is 18.4. The first kappa shape index (κ1) is 19.0. The first-order valence-corrected chi connectivity index (χ1v) is 9.05. The summed E-state index contributed by atoms with van der Waals surface area (Å²) < 4.78 is 3.16. The van der Waals surface area contributed by atoms with Gasteiger partial charge in [0, 0.05) is 24.0 Å². The fourth-order valence-electron chi connectivity index (χ4n) is 3.05. The quantitative estimate of drug-likeness (QED) is 0.390. The van der Waals surface area contributed by atoms with E-state index in [0.29, 0.717) is 5.69 Å². The van der Waals surface area contributed by atoms with E-state index < -0.39 is 10.8 Å². The summed E-state index contributed by atoms with van der Waals surface area (Å²) in [6.45, 7) is 1.84. The van der Waals surface area contributed by atoms with Crippen LogP contribution in [0.25, 0.3) is 11.4 Å². The predicted molar refractivity (Wildman–Crippen MR) is 107 cm³/mol. The second-order valence-corrected chi connectivity index (χ2v) is 6.56. The number of nitrogens with one attached hydrogen (secondary N) is 1. The summed E-state index contributed by atoms with van der Waals surface area (Å²) in [5.41, 5.74) is 2.10. The van der Waals surface area contributed by atoms with Crippen LogP contribution in [0.2, 0.25) is 0 Å². The highest BCUT2D eigenvalue weighted by atomic mass is 16.6. The van der Waals surface area contributed by atoms with E-state index in [-0.39, 0.29) is 17.3 Å².